The SMILES string of the molecule is CCOC(=O)c1cc2ccccc2n1-c1ccc(N(CC)C2CCCCC2)c(NC(=O)Cc2ccc(C)cc2)c1. The highest BCUT2D eigenvalue weighted by molar-refractivity contribution is 5.99. The highest BCUT2D eigenvalue weighted by Crippen LogP contribution is 2.36. The molecule has 0 unspecified atom stereocenters. The number of nitrogens with one attached hydrogen (secondary N) is 1. The summed E-state index contributed by atoms with van der Waals surface area (Å²) in [4.78, 5) is 28.8. The van der Waals surface area contributed by atoms with Gasteiger partial charge in [-0.05, 0) is 69.5 Å². The lowest BCUT2D eigenvalue weighted by molar-refractivity contribution is -0.115. The number of rotatable bonds is 9. The predicted octanol–water partition coefficient (Wildman–Crippen LogP) is 7.46. The summed E-state index contributed by atoms with van der Waals surface area (Å²) >= 11 is 0. The van der Waals surface area contributed by atoms with E-state index in [0.717, 1.165) is 52.9 Å². The van der Waals surface area contributed by atoms with Crippen LogP contribution in [0.25, 0.3) is 16.6 Å². The molecule has 0 radical (unpaired) electrons. The molecule has 1 amide bonds. The normalized spacial score (nSPS) is 13.8. The number of hydrogen-bond acceptors (Lipinski definition) is 4. The number of esters is 1. The van der Waals surface area contributed by atoms with Gasteiger partial charge in [0.15, 0.2) is 0 Å². The Morgan fingerprint density at radius 1 is 0.950 bits per heavy atom. The van der Waals surface area contributed by atoms with E-state index in [1.54, 1.807) is 0 Å². The smallest absolute Gasteiger partial charge is 0.355 e. The van der Waals surface area contributed by atoms with Crippen LogP contribution in [-0.2, 0) is 16.0 Å². The number of nitrogens with zero attached hydrogens (tertiary/aromatic N) is 2. The Kier molecular flexibility index (Phi) is 8.54. The molecule has 208 valence electrons. The standard InChI is InChI=1S/C34H39N3O3/c1-4-36(27-12-7-6-8-13-27)31-20-19-28(23-29(31)35-33(38)21-25-17-15-24(3)16-18-25)37-30-14-10-9-11-26(30)22-32(37)34(39)40-5-2/h9-11,14-20,22-23,27H,4-8,12-13,21H2,1-3H3,(H,35,38). The van der Waals surface area contributed by atoms with Gasteiger partial charge in [0.25, 0.3) is 0 Å². The van der Waals surface area contributed by atoms with Crippen molar-refractivity contribution in [3.8, 4) is 5.69 Å². The van der Waals surface area contributed by atoms with Gasteiger partial charge in [0, 0.05) is 23.7 Å². The summed E-state index contributed by atoms with van der Waals surface area (Å²) in [5.41, 5.74) is 6.10. The molecule has 4 aromatic rings. The predicted molar refractivity (Wildman–Crippen MR) is 163 cm³/mol. The summed E-state index contributed by atoms with van der Waals surface area (Å²) in [6.07, 6.45) is 6.34. The zero-order chi connectivity index (χ0) is 28.1. The van der Waals surface area contributed by atoms with Gasteiger partial charge in [-0.25, -0.2) is 4.79 Å². The Morgan fingerprint density at radius 3 is 2.42 bits per heavy atom. The van der Waals surface area contributed by atoms with Crippen LogP contribution >= 0.6 is 0 Å². The molecule has 1 saturated carbocycles. The average Bonchev–Trinajstić information content (AvgIpc) is 3.36. The van der Waals surface area contributed by atoms with Crippen LogP contribution in [0.4, 0.5) is 11.4 Å². The number of aryl methyl sites for hydroxylation is 1. The summed E-state index contributed by atoms with van der Waals surface area (Å²) < 4.78 is 7.34. The molecule has 1 N–H and O–H groups in total. The summed E-state index contributed by atoms with van der Waals surface area (Å²) in [7, 11) is 0. The molecule has 1 heterocycles. The van der Waals surface area contributed by atoms with Gasteiger partial charge in [0.05, 0.1) is 29.9 Å². The van der Waals surface area contributed by atoms with Gasteiger partial charge in [-0.1, -0.05) is 67.3 Å². The lowest BCUT2D eigenvalue weighted by Crippen LogP contribution is -2.37. The van der Waals surface area contributed by atoms with Crippen molar-refractivity contribution in [3.63, 3.8) is 0 Å². The molecule has 5 rings (SSSR count). The van der Waals surface area contributed by atoms with Crippen LogP contribution in [0.15, 0.2) is 72.8 Å². The number of carbonyl (C=O) groups is 2. The van der Waals surface area contributed by atoms with E-state index in [0.29, 0.717) is 24.8 Å². The fourth-order valence-corrected chi connectivity index (χ4v) is 5.91. The number of hydrogen-bond donors (Lipinski definition) is 1. The summed E-state index contributed by atoms with van der Waals surface area (Å²) in [6.45, 7) is 7.18. The zero-order valence-electron chi connectivity index (χ0n) is 23.8. The number of benzene rings is 3. The first kappa shape index (κ1) is 27.5. The van der Waals surface area contributed by atoms with Crippen LogP contribution in [0, 0.1) is 6.92 Å². The Morgan fingerprint density at radius 2 is 1.70 bits per heavy atom. The van der Waals surface area contributed by atoms with Gasteiger partial charge in [0.1, 0.15) is 5.69 Å². The summed E-state index contributed by atoms with van der Waals surface area (Å²) in [5.74, 6) is -0.435. The number of aromatic nitrogens is 1. The van der Waals surface area contributed by atoms with Gasteiger partial charge in [-0.15, -0.1) is 0 Å². The van der Waals surface area contributed by atoms with E-state index in [1.807, 2.05) is 85.1 Å². The van der Waals surface area contributed by atoms with Crippen molar-refractivity contribution < 1.29 is 14.3 Å². The number of anilines is 2. The third-order valence-corrected chi connectivity index (χ3v) is 7.86. The van der Waals surface area contributed by atoms with E-state index in [1.165, 1.54) is 24.8 Å². The number of para-hydroxylation sites is 1. The van der Waals surface area contributed by atoms with E-state index in [4.69, 9.17) is 4.74 Å². The molecule has 1 fully saturated rings. The first-order chi connectivity index (χ1) is 19.5. The molecular weight excluding hydrogens is 498 g/mol. The van der Waals surface area contributed by atoms with Crippen molar-refractivity contribution in [2.24, 2.45) is 0 Å². The van der Waals surface area contributed by atoms with E-state index in [9.17, 15) is 9.59 Å². The van der Waals surface area contributed by atoms with Crippen molar-refractivity contribution in [2.75, 3.05) is 23.4 Å². The van der Waals surface area contributed by atoms with Crippen LogP contribution < -0.4 is 10.2 Å². The zero-order valence-corrected chi connectivity index (χ0v) is 23.8. The molecule has 3 aromatic carbocycles. The van der Waals surface area contributed by atoms with Gasteiger partial charge in [-0.2, -0.15) is 0 Å². The summed E-state index contributed by atoms with van der Waals surface area (Å²) in [5, 5.41) is 4.20. The molecule has 1 aromatic heterocycles. The summed E-state index contributed by atoms with van der Waals surface area (Å²) in [6, 6.07) is 24.5. The highest BCUT2D eigenvalue weighted by atomic mass is 16.5. The van der Waals surface area contributed by atoms with Gasteiger partial charge >= 0.3 is 5.97 Å². The van der Waals surface area contributed by atoms with Crippen LogP contribution in [0.1, 0.15) is 67.6 Å². The first-order valence-electron chi connectivity index (χ1n) is 14.5. The van der Waals surface area contributed by atoms with Gasteiger partial charge < -0.3 is 19.5 Å². The lowest BCUT2D eigenvalue weighted by Gasteiger charge is -2.36. The molecule has 0 aliphatic heterocycles. The number of amides is 1. The largest absolute Gasteiger partial charge is 0.461 e. The molecule has 0 spiro atoms. The average molecular weight is 538 g/mol. The monoisotopic (exact) mass is 537 g/mol. The minimum Gasteiger partial charge on any atom is -0.461 e. The lowest BCUT2D eigenvalue weighted by atomic mass is 9.93. The molecule has 1 aliphatic rings. The fraction of sp³-hybridized carbons (Fsp3) is 0.353. The van der Waals surface area contributed by atoms with Crippen molar-refractivity contribution in [2.45, 2.75) is 65.3 Å². The second-order valence-corrected chi connectivity index (χ2v) is 10.6. The van der Waals surface area contributed by atoms with E-state index >= 15 is 0 Å². The van der Waals surface area contributed by atoms with Gasteiger partial charge in [0.2, 0.25) is 5.91 Å². The van der Waals surface area contributed by atoms with Crippen molar-refractivity contribution in [3.05, 3.63) is 89.6 Å². The molecule has 0 saturated heterocycles. The van der Waals surface area contributed by atoms with E-state index < -0.39 is 0 Å². The van der Waals surface area contributed by atoms with Crippen LogP contribution in [-0.4, -0.2) is 35.6 Å². The maximum atomic E-state index is 13.4. The third kappa shape index (κ3) is 5.91. The number of fused-ring (bicyclic) bond motifs is 1. The van der Waals surface area contributed by atoms with Crippen molar-refractivity contribution in [1.29, 1.82) is 0 Å². The molecular formula is C34H39N3O3. The van der Waals surface area contributed by atoms with Crippen LogP contribution in [0.3, 0.4) is 0 Å². The van der Waals surface area contributed by atoms with Crippen molar-refractivity contribution >= 4 is 34.2 Å². The van der Waals surface area contributed by atoms with Crippen molar-refractivity contribution in [1.82, 2.24) is 4.57 Å². The van der Waals surface area contributed by atoms with Crippen LogP contribution in [0.5, 0.6) is 0 Å². The van der Waals surface area contributed by atoms with E-state index in [2.05, 4.69) is 23.2 Å². The van der Waals surface area contributed by atoms with Crippen LogP contribution in [0.2, 0.25) is 0 Å². The number of carbonyl (C=O) groups excluding carboxylic acids is 2. The minimum atomic E-state index is -0.370. The highest BCUT2D eigenvalue weighted by Gasteiger charge is 2.24. The minimum absolute atomic E-state index is 0.0649. The molecule has 1 aliphatic carbocycles. The topological polar surface area (TPSA) is 63.6 Å². The maximum Gasteiger partial charge on any atom is 0.355 e. The fourth-order valence-electron chi connectivity index (χ4n) is 5.91. The maximum absolute atomic E-state index is 13.4. The molecule has 40 heavy (non-hydrogen) atoms. The number of ether oxygens (including phenoxy) is 1. The molecule has 6 heteroatoms. The second kappa shape index (κ2) is 12.4. The van der Waals surface area contributed by atoms with E-state index in [-0.39, 0.29) is 11.9 Å². The Hall–Kier alpha value is -4.06. The molecule has 6 nitrogen and oxygen atoms in total. The Bertz CT molecular complexity index is 1480. The second-order valence-electron chi connectivity index (χ2n) is 10.6. The van der Waals surface area contributed by atoms with Gasteiger partial charge in [-0.3, -0.25) is 4.79 Å². The Labute approximate surface area is 236 Å². The first-order valence-corrected chi connectivity index (χ1v) is 14.5. The molecule has 0 atom stereocenters. The quantitative estimate of drug-likeness (QED) is 0.225. The molecule has 0 bridgehead atoms. The third-order valence-electron chi connectivity index (χ3n) is 7.86. The Balaban J connectivity index is 1.58.